The standard InChI is InChI=1S/C47H51N7O8/c1-53-34(28-61-35-10-6-9-32(22-35)44(31-7-4-3-5-8-31)51-47(59)62-42-27-54-19-17-30(42)18-20-54)23-38(52-53)46(58)49-24-29-11-12-33(41(21-29)60-2)25-48-26-40(56)36-13-15-39(55)45-37(36)14-16-43(57)50-45/h3-16,21-23,30,40,42,44,48,55-56H,17-20,24-28H2,1-2H3,(H,49,58)(H,50,57)(H,51,59)/t40-,42+,44?/m1/s1. The van der Waals surface area contributed by atoms with Gasteiger partial charge in [-0.2, -0.15) is 5.10 Å². The molecule has 3 atom stereocenters. The van der Waals surface area contributed by atoms with Gasteiger partial charge in [-0.1, -0.05) is 60.7 Å². The maximum absolute atomic E-state index is 13.3. The molecule has 3 saturated heterocycles. The molecular weight excluding hydrogens is 791 g/mol. The number of aromatic amines is 1. The minimum atomic E-state index is -0.909. The normalized spacial score (nSPS) is 17.9. The Morgan fingerprint density at radius 2 is 1.74 bits per heavy atom. The van der Waals surface area contributed by atoms with Crippen molar-refractivity contribution in [3.8, 4) is 17.2 Å². The number of benzene rings is 4. The van der Waals surface area contributed by atoms with Crippen molar-refractivity contribution in [1.29, 1.82) is 0 Å². The first-order valence-corrected chi connectivity index (χ1v) is 20.8. The lowest BCUT2D eigenvalue weighted by Gasteiger charge is -2.43. The summed E-state index contributed by atoms with van der Waals surface area (Å²) in [5, 5.41) is 35.4. The maximum atomic E-state index is 13.3. The smallest absolute Gasteiger partial charge is 0.408 e. The Morgan fingerprint density at radius 3 is 2.52 bits per heavy atom. The predicted octanol–water partition coefficient (Wildman–Crippen LogP) is 5.22. The van der Waals surface area contributed by atoms with Gasteiger partial charge in [0.2, 0.25) is 5.56 Å². The van der Waals surface area contributed by atoms with Gasteiger partial charge in [-0.3, -0.25) is 19.2 Å². The number of carbonyl (C=O) groups is 2. The van der Waals surface area contributed by atoms with E-state index in [-0.39, 0.29) is 54.2 Å². The summed E-state index contributed by atoms with van der Waals surface area (Å²) in [6, 6.07) is 30.3. The first-order valence-electron chi connectivity index (χ1n) is 20.8. The Morgan fingerprint density at radius 1 is 0.935 bits per heavy atom. The number of nitrogens with one attached hydrogen (secondary N) is 4. The van der Waals surface area contributed by atoms with Crippen molar-refractivity contribution >= 4 is 22.9 Å². The Hall–Kier alpha value is -6.68. The number of hydrogen-bond donors (Lipinski definition) is 6. The third-order valence-electron chi connectivity index (χ3n) is 11.8. The molecule has 0 spiro atoms. The zero-order valence-corrected chi connectivity index (χ0v) is 34.7. The van der Waals surface area contributed by atoms with Crippen molar-refractivity contribution in [3.63, 3.8) is 0 Å². The fourth-order valence-corrected chi connectivity index (χ4v) is 8.35. The summed E-state index contributed by atoms with van der Waals surface area (Å²) in [6.45, 7) is 3.89. The highest BCUT2D eigenvalue weighted by Gasteiger charge is 2.37. The van der Waals surface area contributed by atoms with Crippen LogP contribution in [0, 0.1) is 5.92 Å². The topological polar surface area (TPSA) is 192 Å². The Bertz CT molecular complexity index is 2590. The molecule has 3 aliphatic heterocycles. The Labute approximate surface area is 358 Å². The molecule has 15 nitrogen and oxygen atoms in total. The van der Waals surface area contributed by atoms with E-state index >= 15 is 0 Å². The molecule has 15 heteroatoms. The average Bonchev–Trinajstić information content (AvgIpc) is 3.67. The van der Waals surface area contributed by atoms with Gasteiger partial charge in [-0.15, -0.1) is 0 Å². The molecule has 0 saturated carbocycles. The number of phenols is 1. The van der Waals surface area contributed by atoms with Crippen LogP contribution >= 0.6 is 0 Å². The summed E-state index contributed by atoms with van der Waals surface area (Å²) in [5.74, 6) is 1.19. The molecule has 5 heterocycles. The van der Waals surface area contributed by atoms with Crippen molar-refractivity contribution < 1.29 is 34.0 Å². The number of alkyl carbamates (subject to hydrolysis) is 1. The minimum Gasteiger partial charge on any atom is -0.506 e. The lowest BCUT2D eigenvalue weighted by molar-refractivity contribution is -0.0336. The van der Waals surface area contributed by atoms with Crippen LogP contribution < -0.4 is 31.0 Å². The van der Waals surface area contributed by atoms with Gasteiger partial charge in [-0.05, 0) is 90.5 Å². The van der Waals surface area contributed by atoms with Crippen molar-refractivity contribution in [2.24, 2.45) is 13.0 Å². The van der Waals surface area contributed by atoms with Crippen molar-refractivity contribution in [2.45, 2.75) is 50.8 Å². The van der Waals surface area contributed by atoms with E-state index < -0.39 is 18.2 Å². The molecule has 2 aromatic heterocycles. The molecule has 0 radical (unpaired) electrons. The Balaban J connectivity index is 0.845. The van der Waals surface area contributed by atoms with Crippen LogP contribution in [-0.2, 0) is 31.5 Å². The second kappa shape index (κ2) is 18.9. The SMILES string of the molecule is COc1cc(CNC(=O)c2cc(COc3cccc(C(NC(=O)O[C@H]4CN5CCC4CC5)c4ccccc4)c3)n(C)n2)ccc1CNC[C@@H](O)c1ccc(O)c2[nH]c(=O)ccc12. The highest BCUT2D eigenvalue weighted by Crippen LogP contribution is 2.32. The number of aliphatic hydroxyl groups is 1. The number of aromatic hydroxyl groups is 1. The number of pyridine rings is 1. The van der Waals surface area contributed by atoms with Gasteiger partial charge in [0, 0.05) is 50.2 Å². The summed E-state index contributed by atoms with van der Waals surface area (Å²) in [6.07, 6.45) is 0.651. The van der Waals surface area contributed by atoms with Gasteiger partial charge in [0.15, 0.2) is 5.69 Å². The van der Waals surface area contributed by atoms with E-state index in [0.29, 0.717) is 40.6 Å². The van der Waals surface area contributed by atoms with E-state index in [1.807, 2.05) is 72.8 Å². The van der Waals surface area contributed by atoms with Crippen molar-refractivity contribution in [2.75, 3.05) is 33.3 Å². The maximum Gasteiger partial charge on any atom is 0.408 e. The number of amides is 2. The first kappa shape index (κ1) is 42.0. The summed E-state index contributed by atoms with van der Waals surface area (Å²) in [5.41, 5.74) is 4.85. The number of methoxy groups -OCH3 is 1. The number of piperidine rings is 3. The summed E-state index contributed by atoms with van der Waals surface area (Å²) in [4.78, 5) is 43.3. The average molecular weight is 842 g/mol. The van der Waals surface area contributed by atoms with E-state index in [0.717, 1.165) is 54.7 Å². The zero-order chi connectivity index (χ0) is 43.2. The fraction of sp³-hybridized carbons (Fsp3) is 0.319. The number of carbonyl (C=O) groups excluding carboxylic acids is 2. The quantitative estimate of drug-likeness (QED) is 0.0749. The number of aromatic nitrogens is 3. The molecule has 2 bridgehead atoms. The molecule has 4 aromatic carbocycles. The number of aliphatic hydroxyl groups excluding tert-OH is 1. The largest absolute Gasteiger partial charge is 0.506 e. The lowest BCUT2D eigenvalue weighted by atomic mass is 9.86. The number of aryl methyl sites for hydroxylation is 1. The van der Waals surface area contributed by atoms with Crippen LogP contribution in [0.15, 0.2) is 108 Å². The van der Waals surface area contributed by atoms with Crippen LogP contribution in [0.25, 0.3) is 10.9 Å². The minimum absolute atomic E-state index is 0.0703. The molecule has 6 N–H and O–H groups in total. The van der Waals surface area contributed by atoms with E-state index in [9.17, 15) is 24.6 Å². The van der Waals surface area contributed by atoms with Gasteiger partial charge in [-0.25, -0.2) is 4.79 Å². The number of hydrogen-bond acceptors (Lipinski definition) is 11. The number of H-pyrrole nitrogens is 1. The van der Waals surface area contributed by atoms with Gasteiger partial charge in [0.25, 0.3) is 5.91 Å². The van der Waals surface area contributed by atoms with Gasteiger partial charge in [0.1, 0.15) is 30.0 Å². The van der Waals surface area contributed by atoms with Crippen LogP contribution in [-0.4, -0.2) is 81.3 Å². The predicted molar refractivity (Wildman–Crippen MR) is 232 cm³/mol. The van der Waals surface area contributed by atoms with Crippen LogP contribution in [0.3, 0.4) is 0 Å². The Kier molecular flexibility index (Phi) is 12.8. The molecule has 2 amide bonds. The van der Waals surface area contributed by atoms with Crippen LogP contribution in [0.5, 0.6) is 17.2 Å². The molecular formula is C47H51N7O8. The molecule has 322 valence electrons. The molecule has 3 aliphatic rings. The number of ether oxygens (including phenoxy) is 3. The molecule has 6 aromatic rings. The molecule has 9 rings (SSSR count). The van der Waals surface area contributed by atoms with Crippen LogP contribution in [0.2, 0.25) is 0 Å². The van der Waals surface area contributed by atoms with E-state index in [1.54, 1.807) is 37.0 Å². The van der Waals surface area contributed by atoms with E-state index in [1.165, 1.54) is 12.1 Å². The third kappa shape index (κ3) is 9.76. The second-order valence-corrected chi connectivity index (χ2v) is 15.8. The third-order valence-corrected chi connectivity index (χ3v) is 11.8. The van der Waals surface area contributed by atoms with E-state index in [2.05, 4.69) is 30.9 Å². The fourth-order valence-electron chi connectivity index (χ4n) is 8.35. The highest BCUT2D eigenvalue weighted by molar-refractivity contribution is 5.92. The summed E-state index contributed by atoms with van der Waals surface area (Å²) in [7, 11) is 3.33. The first-order chi connectivity index (χ1) is 30.1. The van der Waals surface area contributed by atoms with Gasteiger partial charge >= 0.3 is 6.09 Å². The van der Waals surface area contributed by atoms with Gasteiger partial charge in [0.05, 0.1) is 30.5 Å². The highest BCUT2D eigenvalue weighted by atomic mass is 16.6. The number of phenolic OH excluding ortho intramolecular Hbond substituents is 1. The molecule has 62 heavy (non-hydrogen) atoms. The van der Waals surface area contributed by atoms with Crippen molar-refractivity contribution in [1.82, 2.24) is 35.6 Å². The van der Waals surface area contributed by atoms with Gasteiger partial charge < -0.3 is 45.4 Å². The monoisotopic (exact) mass is 841 g/mol. The summed E-state index contributed by atoms with van der Waals surface area (Å²) >= 11 is 0. The number of rotatable bonds is 16. The summed E-state index contributed by atoms with van der Waals surface area (Å²) < 4.78 is 19.5. The molecule has 0 aliphatic carbocycles. The number of fused-ring (bicyclic) bond motifs is 4. The molecule has 3 fully saturated rings. The van der Waals surface area contributed by atoms with Crippen LogP contribution in [0.1, 0.15) is 69.0 Å². The van der Waals surface area contributed by atoms with Crippen molar-refractivity contribution in [3.05, 3.63) is 153 Å². The molecule has 1 unspecified atom stereocenters. The van der Waals surface area contributed by atoms with Crippen LogP contribution in [0.4, 0.5) is 4.79 Å². The van der Waals surface area contributed by atoms with E-state index in [4.69, 9.17) is 14.2 Å². The lowest BCUT2D eigenvalue weighted by Crippen LogP contribution is -2.52. The zero-order valence-electron chi connectivity index (χ0n) is 34.7. The number of nitrogens with zero attached hydrogens (tertiary/aromatic N) is 3. The second-order valence-electron chi connectivity index (χ2n) is 15.8.